The van der Waals surface area contributed by atoms with Crippen molar-refractivity contribution in [3.63, 3.8) is 0 Å². The molecule has 6 nitrogen and oxygen atoms in total. The Morgan fingerprint density at radius 1 is 1.06 bits per heavy atom. The number of imidazole rings is 1. The fourth-order valence-electron chi connectivity index (χ4n) is 3.25. The first-order chi connectivity index (χ1) is 14.8. The van der Waals surface area contributed by atoms with Crippen LogP contribution in [0.15, 0.2) is 48.5 Å². The van der Waals surface area contributed by atoms with Crippen molar-refractivity contribution in [1.29, 1.82) is 0 Å². The van der Waals surface area contributed by atoms with Crippen molar-refractivity contribution >= 4 is 38.5 Å². The Kier molecular flexibility index (Phi) is 5.67. The van der Waals surface area contributed by atoms with Gasteiger partial charge in [0.1, 0.15) is 10.8 Å². The van der Waals surface area contributed by atoms with Gasteiger partial charge in [0, 0.05) is 13.0 Å². The van der Waals surface area contributed by atoms with E-state index in [1.807, 2.05) is 24.3 Å². The molecule has 4 rings (SSSR count). The number of nitrogens with zero attached hydrogens (tertiary/aromatic N) is 2. The highest BCUT2D eigenvalue weighted by atomic mass is 32.1. The zero-order chi connectivity index (χ0) is 22.1. The molecule has 1 amide bonds. The van der Waals surface area contributed by atoms with Crippen LogP contribution in [0.1, 0.15) is 23.7 Å². The number of aromatic nitrogens is 3. The molecule has 1 atom stereocenters. The molecule has 4 aromatic rings. The van der Waals surface area contributed by atoms with Crippen molar-refractivity contribution in [2.75, 3.05) is 6.54 Å². The SMILES string of the molecule is O=C(CC(O)(c1nc2ccccc2s1)C(F)(F)F)NCCCc1nc2ccccc2[nH]1. The number of fused-ring (bicyclic) bond motifs is 2. The fraction of sp³-hybridized carbons (Fsp3) is 0.286. The number of hydrogen-bond acceptors (Lipinski definition) is 5. The van der Waals surface area contributed by atoms with E-state index in [0.717, 1.165) is 28.2 Å². The van der Waals surface area contributed by atoms with Gasteiger partial charge in [-0.15, -0.1) is 11.3 Å². The van der Waals surface area contributed by atoms with Gasteiger partial charge < -0.3 is 15.4 Å². The third kappa shape index (κ3) is 4.40. The van der Waals surface area contributed by atoms with Gasteiger partial charge in [-0.3, -0.25) is 4.79 Å². The summed E-state index contributed by atoms with van der Waals surface area (Å²) in [5.41, 5.74) is -1.28. The summed E-state index contributed by atoms with van der Waals surface area (Å²) >= 11 is 0.727. The van der Waals surface area contributed by atoms with E-state index < -0.39 is 29.1 Å². The average molecular weight is 448 g/mol. The zero-order valence-electron chi connectivity index (χ0n) is 16.2. The molecule has 0 fully saturated rings. The lowest BCUT2D eigenvalue weighted by molar-refractivity contribution is -0.267. The van der Waals surface area contributed by atoms with Gasteiger partial charge >= 0.3 is 6.18 Å². The number of halogens is 3. The molecule has 0 spiro atoms. The highest BCUT2D eigenvalue weighted by molar-refractivity contribution is 7.18. The number of rotatable bonds is 7. The minimum atomic E-state index is -5.05. The van der Waals surface area contributed by atoms with Crippen LogP contribution < -0.4 is 5.32 Å². The van der Waals surface area contributed by atoms with Crippen LogP contribution >= 0.6 is 11.3 Å². The number of carbonyl (C=O) groups is 1. The van der Waals surface area contributed by atoms with E-state index >= 15 is 0 Å². The number of aliphatic hydroxyl groups is 1. The van der Waals surface area contributed by atoms with Gasteiger partial charge in [-0.05, 0) is 30.7 Å². The van der Waals surface area contributed by atoms with Gasteiger partial charge in [0.25, 0.3) is 0 Å². The summed E-state index contributed by atoms with van der Waals surface area (Å²) in [5.74, 6) is -0.166. The molecule has 10 heteroatoms. The highest BCUT2D eigenvalue weighted by Gasteiger charge is 2.58. The summed E-state index contributed by atoms with van der Waals surface area (Å²) < 4.78 is 41.6. The second-order valence-electron chi connectivity index (χ2n) is 7.18. The van der Waals surface area contributed by atoms with E-state index in [1.165, 1.54) is 0 Å². The Morgan fingerprint density at radius 3 is 2.48 bits per heavy atom. The molecule has 0 aliphatic heterocycles. The minimum absolute atomic E-state index is 0.156. The van der Waals surface area contributed by atoms with Crippen LogP contribution in [0.4, 0.5) is 13.2 Å². The van der Waals surface area contributed by atoms with E-state index in [0.29, 0.717) is 23.1 Å². The largest absolute Gasteiger partial charge is 0.424 e. The smallest absolute Gasteiger partial charge is 0.374 e. The molecule has 2 aromatic carbocycles. The van der Waals surface area contributed by atoms with Gasteiger partial charge in [0.2, 0.25) is 11.5 Å². The quantitative estimate of drug-likeness (QED) is 0.372. The van der Waals surface area contributed by atoms with E-state index in [-0.39, 0.29) is 6.54 Å². The minimum Gasteiger partial charge on any atom is -0.374 e. The highest BCUT2D eigenvalue weighted by Crippen LogP contribution is 2.44. The molecule has 2 aromatic heterocycles. The number of alkyl halides is 3. The summed E-state index contributed by atoms with van der Waals surface area (Å²) in [7, 11) is 0. The first kappa shape index (κ1) is 21.3. The van der Waals surface area contributed by atoms with Gasteiger partial charge in [0.05, 0.1) is 27.7 Å². The fourth-order valence-corrected chi connectivity index (χ4v) is 4.32. The van der Waals surface area contributed by atoms with Crippen molar-refractivity contribution in [2.45, 2.75) is 31.0 Å². The normalized spacial score (nSPS) is 14.1. The molecule has 0 saturated carbocycles. The molecule has 1 unspecified atom stereocenters. The predicted octanol–water partition coefficient (Wildman–Crippen LogP) is 4.06. The lowest BCUT2D eigenvalue weighted by atomic mass is 9.99. The van der Waals surface area contributed by atoms with E-state index in [4.69, 9.17) is 0 Å². The molecule has 0 radical (unpaired) electrons. The zero-order valence-corrected chi connectivity index (χ0v) is 17.1. The first-order valence-corrected chi connectivity index (χ1v) is 10.4. The number of nitrogens with one attached hydrogen (secondary N) is 2. The van der Waals surface area contributed by atoms with Crippen molar-refractivity contribution in [3.05, 3.63) is 59.4 Å². The molecule has 2 heterocycles. The topological polar surface area (TPSA) is 90.9 Å². The number of carbonyl (C=O) groups excluding carboxylic acids is 1. The number of H-pyrrole nitrogens is 1. The Morgan fingerprint density at radius 2 is 1.77 bits per heavy atom. The second kappa shape index (κ2) is 8.27. The van der Waals surface area contributed by atoms with Gasteiger partial charge in [-0.25, -0.2) is 9.97 Å². The summed E-state index contributed by atoms with van der Waals surface area (Å²) in [5, 5.41) is 12.4. The Hall–Kier alpha value is -2.98. The van der Waals surface area contributed by atoms with E-state index in [1.54, 1.807) is 24.3 Å². The van der Waals surface area contributed by atoms with Gasteiger partial charge in [-0.2, -0.15) is 13.2 Å². The third-order valence-electron chi connectivity index (χ3n) is 4.88. The monoisotopic (exact) mass is 448 g/mol. The van der Waals surface area contributed by atoms with Crippen LogP contribution in [-0.2, 0) is 16.8 Å². The Labute approximate surface area is 179 Å². The Bertz CT molecular complexity index is 1150. The first-order valence-electron chi connectivity index (χ1n) is 9.62. The third-order valence-corrected chi connectivity index (χ3v) is 6.07. The standard InChI is InChI=1S/C21H19F3N4O2S/c22-21(23,24)20(30,19-28-15-8-3-4-9-16(15)31-19)12-18(29)25-11-5-10-17-26-13-6-1-2-7-14(13)27-17/h1-4,6-9,30H,5,10-12H2,(H,25,29)(H,26,27). The number of amides is 1. The lowest BCUT2D eigenvalue weighted by Gasteiger charge is -2.27. The molecule has 162 valence electrons. The maximum Gasteiger partial charge on any atom is 0.424 e. The molecular weight excluding hydrogens is 429 g/mol. The second-order valence-corrected chi connectivity index (χ2v) is 8.21. The number of aromatic amines is 1. The summed E-state index contributed by atoms with van der Waals surface area (Å²) in [4.78, 5) is 23.7. The summed E-state index contributed by atoms with van der Waals surface area (Å²) in [6.07, 6.45) is -5.19. The maximum absolute atomic E-state index is 13.7. The van der Waals surface area contributed by atoms with Crippen LogP contribution in [0.3, 0.4) is 0 Å². The summed E-state index contributed by atoms with van der Waals surface area (Å²) in [6, 6.07) is 14.0. The predicted molar refractivity (Wildman–Crippen MR) is 112 cm³/mol. The summed E-state index contributed by atoms with van der Waals surface area (Å²) in [6.45, 7) is 0.156. The molecular formula is C21H19F3N4O2S. The number of aryl methyl sites for hydroxylation is 1. The average Bonchev–Trinajstić information content (AvgIpc) is 3.34. The number of thiazole rings is 1. The molecule has 0 aliphatic carbocycles. The molecule has 0 saturated heterocycles. The van der Waals surface area contributed by atoms with Crippen LogP contribution in [0.2, 0.25) is 0 Å². The molecule has 0 bridgehead atoms. The van der Waals surface area contributed by atoms with Crippen molar-refractivity contribution in [1.82, 2.24) is 20.3 Å². The van der Waals surface area contributed by atoms with E-state index in [2.05, 4.69) is 20.3 Å². The number of para-hydroxylation sites is 3. The Balaban J connectivity index is 1.38. The lowest BCUT2D eigenvalue weighted by Crippen LogP contribution is -2.46. The van der Waals surface area contributed by atoms with E-state index in [9.17, 15) is 23.1 Å². The van der Waals surface area contributed by atoms with Crippen molar-refractivity contribution in [2.24, 2.45) is 0 Å². The number of benzene rings is 2. The molecule has 31 heavy (non-hydrogen) atoms. The van der Waals surface area contributed by atoms with Crippen molar-refractivity contribution in [3.8, 4) is 0 Å². The van der Waals surface area contributed by atoms with Crippen molar-refractivity contribution < 1.29 is 23.1 Å². The van der Waals surface area contributed by atoms with Crippen LogP contribution in [0, 0.1) is 0 Å². The number of hydrogen-bond donors (Lipinski definition) is 3. The van der Waals surface area contributed by atoms with Gasteiger partial charge in [-0.1, -0.05) is 24.3 Å². The molecule has 0 aliphatic rings. The maximum atomic E-state index is 13.7. The van der Waals surface area contributed by atoms with Crippen LogP contribution in [0.5, 0.6) is 0 Å². The molecule has 3 N–H and O–H groups in total. The van der Waals surface area contributed by atoms with Crippen LogP contribution in [0.25, 0.3) is 21.3 Å². The van der Waals surface area contributed by atoms with Gasteiger partial charge in [0.15, 0.2) is 0 Å². The van der Waals surface area contributed by atoms with Crippen LogP contribution in [-0.4, -0.2) is 38.7 Å².